The second-order valence-corrected chi connectivity index (χ2v) is 5.23. The van der Waals surface area contributed by atoms with Gasteiger partial charge in [0.05, 0.1) is 20.0 Å². The molecule has 22 heavy (non-hydrogen) atoms. The molecule has 1 N–H and O–H groups in total. The van der Waals surface area contributed by atoms with Gasteiger partial charge in [-0.3, -0.25) is 15.0 Å². The van der Waals surface area contributed by atoms with Gasteiger partial charge in [0.2, 0.25) is 5.91 Å². The molecule has 0 aromatic heterocycles. The number of amidine groups is 1. The first kappa shape index (κ1) is 16.2. The average molecular weight is 323 g/mol. The molecule has 7 nitrogen and oxygen atoms in total. The second-order valence-electron chi connectivity index (χ2n) is 4.29. The molecular formula is C14H17N3O4S. The van der Waals surface area contributed by atoms with Crippen molar-refractivity contribution in [2.75, 3.05) is 31.8 Å². The number of carbonyl (C=O) groups excluding carboxylic acids is 2. The number of hydrogen-bond acceptors (Lipinski definition) is 5. The predicted molar refractivity (Wildman–Crippen MR) is 85.8 cm³/mol. The Labute approximate surface area is 132 Å². The van der Waals surface area contributed by atoms with Gasteiger partial charge in [0.15, 0.2) is 5.17 Å². The molecule has 0 atom stereocenters. The van der Waals surface area contributed by atoms with Crippen LogP contribution in [0.1, 0.15) is 6.92 Å². The van der Waals surface area contributed by atoms with E-state index in [0.717, 1.165) is 0 Å². The summed E-state index contributed by atoms with van der Waals surface area (Å²) in [4.78, 5) is 29.1. The predicted octanol–water partition coefficient (Wildman–Crippen LogP) is 2.19. The van der Waals surface area contributed by atoms with Gasteiger partial charge in [-0.2, -0.15) is 4.99 Å². The molecule has 1 aromatic rings. The molecule has 1 aliphatic heterocycles. The summed E-state index contributed by atoms with van der Waals surface area (Å²) in [6, 6.07) is 4.58. The lowest BCUT2D eigenvalue weighted by Gasteiger charge is -2.14. The van der Waals surface area contributed by atoms with Crippen LogP contribution in [-0.2, 0) is 4.79 Å². The van der Waals surface area contributed by atoms with Crippen LogP contribution in [-0.4, -0.2) is 48.5 Å². The van der Waals surface area contributed by atoms with Gasteiger partial charge < -0.3 is 9.47 Å². The highest BCUT2D eigenvalue weighted by Gasteiger charge is 2.27. The lowest BCUT2D eigenvalue weighted by atomic mass is 10.2. The molecule has 0 saturated carbocycles. The van der Waals surface area contributed by atoms with Crippen molar-refractivity contribution >= 4 is 34.6 Å². The number of ether oxygens (including phenoxy) is 2. The molecule has 0 aliphatic carbocycles. The van der Waals surface area contributed by atoms with E-state index < -0.39 is 6.03 Å². The fraction of sp³-hybridized carbons (Fsp3) is 0.357. The molecule has 0 bridgehead atoms. The number of thioether (sulfide) groups is 1. The van der Waals surface area contributed by atoms with E-state index in [9.17, 15) is 9.59 Å². The average Bonchev–Trinajstić information content (AvgIpc) is 2.87. The van der Waals surface area contributed by atoms with Crippen LogP contribution in [0.2, 0.25) is 0 Å². The first-order chi connectivity index (χ1) is 10.6. The third kappa shape index (κ3) is 3.33. The third-order valence-corrected chi connectivity index (χ3v) is 3.99. The summed E-state index contributed by atoms with van der Waals surface area (Å²) in [6.07, 6.45) is 0. The quantitative estimate of drug-likeness (QED) is 0.918. The Kier molecular flexibility index (Phi) is 5.26. The number of methoxy groups -OCH3 is 2. The molecule has 0 radical (unpaired) electrons. The Morgan fingerprint density at radius 3 is 2.55 bits per heavy atom. The van der Waals surface area contributed by atoms with Crippen LogP contribution in [0.5, 0.6) is 11.5 Å². The number of carbonyl (C=O) groups is 2. The van der Waals surface area contributed by atoms with Crippen LogP contribution in [0.3, 0.4) is 0 Å². The molecule has 3 amide bonds. The summed E-state index contributed by atoms with van der Waals surface area (Å²) < 4.78 is 10.4. The number of amides is 3. The van der Waals surface area contributed by atoms with E-state index in [1.54, 1.807) is 18.2 Å². The minimum Gasteiger partial charge on any atom is -0.494 e. The Hall–Kier alpha value is -2.22. The summed E-state index contributed by atoms with van der Waals surface area (Å²) in [7, 11) is 3.00. The number of anilines is 1. The molecule has 8 heteroatoms. The number of para-hydroxylation sites is 1. The van der Waals surface area contributed by atoms with Gasteiger partial charge in [-0.25, -0.2) is 4.79 Å². The first-order valence-corrected chi connectivity index (χ1v) is 7.63. The van der Waals surface area contributed by atoms with Gasteiger partial charge in [-0.05, 0) is 19.1 Å². The SMILES string of the molecule is CCN1C(=O)CSC1=NC(=O)Nc1c(OC)cccc1OC. The molecule has 118 valence electrons. The summed E-state index contributed by atoms with van der Waals surface area (Å²) in [5, 5.41) is 3.04. The maximum Gasteiger partial charge on any atom is 0.348 e. The Balaban J connectivity index is 2.21. The van der Waals surface area contributed by atoms with E-state index in [0.29, 0.717) is 34.7 Å². The van der Waals surface area contributed by atoms with Gasteiger partial charge in [0, 0.05) is 6.54 Å². The minimum atomic E-state index is -0.585. The number of nitrogens with one attached hydrogen (secondary N) is 1. The van der Waals surface area contributed by atoms with E-state index in [2.05, 4.69) is 10.3 Å². The highest BCUT2D eigenvalue weighted by Crippen LogP contribution is 2.34. The van der Waals surface area contributed by atoms with Crippen LogP contribution >= 0.6 is 11.8 Å². The van der Waals surface area contributed by atoms with E-state index in [4.69, 9.17) is 9.47 Å². The van der Waals surface area contributed by atoms with E-state index in [1.165, 1.54) is 30.9 Å². The number of benzene rings is 1. The second kappa shape index (κ2) is 7.17. The van der Waals surface area contributed by atoms with Crippen molar-refractivity contribution in [2.24, 2.45) is 4.99 Å². The standard InChI is InChI=1S/C14H17N3O4S/c1-4-17-11(18)8-22-14(17)16-13(19)15-12-9(20-2)6-5-7-10(12)21-3/h5-7H,4,8H2,1-3H3,(H,15,19). The Morgan fingerprint density at radius 2 is 2.00 bits per heavy atom. The van der Waals surface area contributed by atoms with Crippen LogP contribution in [0.25, 0.3) is 0 Å². The molecular weight excluding hydrogens is 306 g/mol. The number of rotatable bonds is 4. The normalized spacial score (nSPS) is 16.0. The van der Waals surface area contributed by atoms with Crippen molar-refractivity contribution in [1.82, 2.24) is 4.90 Å². The zero-order valence-corrected chi connectivity index (χ0v) is 13.4. The van der Waals surface area contributed by atoms with Crippen molar-refractivity contribution in [3.63, 3.8) is 0 Å². The number of hydrogen-bond donors (Lipinski definition) is 1. The van der Waals surface area contributed by atoms with E-state index in [1.807, 2.05) is 6.92 Å². The largest absolute Gasteiger partial charge is 0.494 e. The zero-order chi connectivity index (χ0) is 16.1. The molecule has 1 aromatic carbocycles. The van der Waals surface area contributed by atoms with Crippen molar-refractivity contribution < 1.29 is 19.1 Å². The van der Waals surface area contributed by atoms with Gasteiger partial charge in [0.25, 0.3) is 0 Å². The fourth-order valence-electron chi connectivity index (χ4n) is 1.99. The van der Waals surface area contributed by atoms with Gasteiger partial charge in [-0.15, -0.1) is 0 Å². The van der Waals surface area contributed by atoms with Crippen LogP contribution in [0.15, 0.2) is 23.2 Å². The van der Waals surface area contributed by atoms with Crippen molar-refractivity contribution in [3.8, 4) is 11.5 Å². The highest BCUT2D eigenvalue weighted by molar-refractivity contribution is 8.15. The van der Waals surface area contributed by atoms with Crippen molar-refractivity contribution in [3.05, 3.63) is 18.2 Å². The van der Waals surface area contributed by atoms with E-state index >= 15 is 0 Å². The zero-order valence-electron chi connectivity index (χ0n) is 12.6. The monoisotopic (exact) mass is 323 g/mol. The van der Waals surface area contributed by atoms with Crippen molar-refractivity contribution in [2.45, 2.75) is 6.92 Å². The smallest absolute Gasteiger partial charge is 0.348 e. The molecule has 0 spiro atoms. The summed E-state index contributed by atoms with van der Waals surface area (Å²) >= 11 is 1.25. The fourth-order valence-corrected chi connectivity index (χ4v) is 2.93. The topological polar surface area (TPSA) is 80.2 Å². The van der Waals surface area contributed by atoms with Gasteiger partial charge in [-0.1, -0.05) is 17.8 Å². The van der Waals surface area contributed by atoms with Gasteiger partial charge in [0.1, 0.15) is 17.2 Å². The number of aliphatic imine (C=N–C) groups is 1. The highest BCUT2D eigenvalue weighted by atomic mass is 32.2. The van der Waals surface area contributed by atoms with Crippen LogP contribution in [0, 0.1) is 0 Å². The number of nitrogens with zero attached hydrogens (tertiary/aromatic N) is 2. The number of urea groups is 1. The maximum atomic E-state index is 12.1. The van der Waals surface area contributed by atoms with Crippen molar-refractivity contribution in [1.29, 1.82) is 0 Å². The molecule has 1 heterocycles. The lowest BCUT2D eigenvalue weighted by molar-refractivity contribution is -0.123. The van der Waals surface area contributed by atoms with E-state index in [-0.39, 0.29) is 5.91 Å². The molecule has 1 saturated heterocycles. The maximum absolute atomic E-state index is 12.1. The molecule has 0 unspecified atom stereocenters. The van der Waals surface area contributed by atoms with Crippen LogP contribution in [0.4, 0.5) is 10.5 Å². The molecule has 1 aliphatic rings. The summed E-state index contributed by atoms with van der Waals surface area (Å²) in [5.41, 5.74) is 0.402. The Bertz CT molecular complexity index is 596. The Morgan fingerprint density at radius 1 is 1.36 bits per heavy atom. The summed E-state index contributed by atoms with van der Waals surface area (Å²) in [5.74, 6) is 1.19. The molecule has 2 rings (SSSR count). The first-order valence-electron chi connectivity index (χ1n) is 6.64. The van der Waals surface area contributed by atoms with Gasteiger partial charge >= 0.3 is 6.03 Å². The lowest BCUT2D eigenvalue weighted by Crippen LogP contribution is -2.30. The summed E-state index contributed by atoms with van der Waals surface area (Å²) in [6.45, 7) is 2.32. The minimum absolute atomic E-state index is 0.0473. The third-order valence-electron chi connectivity index (χ3n) is 3.03. The van der Waals surface area contributed by atoms with Crippen LogP contribution < -0.4 is 14.8 Å². The molecule has 1 fully saturated rings.